The summed E-state index contributed by atoms with van der Waals surface area (Å²) in [5, 5.41) is 5.50. The number of ether oxygens (including phenoxy) is 1. The summed E-state index contributed by atoms with van der Waals surface area (Å²) in [5.74, 6) is 1.90. The molecule has 2 aromatic heterocycles. The average Bonchev–Trinajstić information content (AvgIpc) is 2.98. The van der Waals surface area contributed by atoms with E-state index in [4.69, 9.17) is 15.5 Å². The quantitative estimate of drug-likeness (QED) is 0.804. The van der Waals surface area contributed by atoms with E-state index in [0.717, 1.165) is 27.9 Å². The first-order chi connectivity index (χ1) is 10.5. The van der Waals surface area contributed by atoms with Crippen molar-refractivity contribution in [2.24, 2.45) is 0 Å². The molecular formula is C17H20N4O. The minimum atomic E-state index is 0.376. The molecule has 0 saturated carbocycles. The summed E-state index contributed by atoms with van der Waals surface area (Å²) < 4.78 is 7.14. The molecule has 0 amide bonds. The molecule has 3 aromatic rings. The maximum atomic E-state index is 6.20. The summed E-state index contributed by atoms with van der Waals surface area (Å²) in [4.78, 5) is 4.73. The van der Waals surface area contributed by atoms with Gasteiger partial charge in [-0.05, 0) is 31.0 Å². The summed E-state index contributed by atoms with van der Waals surface area (Å²) in [6, 6.07) is 7.71. The van der Waals surface area contributed by atoms with Crippen LogP contribution in [0.2, 0.25) is 0 Å². The number of nitrogens with two attached hydrogens (primary N) is 1. The average molecular weight is 296 g/mol. The van der Waals surface area contributed by atoms with Crippen LogP contribution in [0.1, 0.15) is 31.0 Å². The molecule has 0 radical (unpaired) electrons. The molecule has 5 nitrogen and oxygen atoms in total. The number of rotatable bonds is 3. The minimum Gasteiger partial charge on any atom is -0.496 e. The fraction of sp³-hybridized carbons (Fsp3) is 0.294. The first kappa shape index (κ1) is 14.4. The number of fused-ring (bicyclic) bond motifs is 1. The molecule has 0 unspecified atom stereocenters. The van der Waals surface area contributed by atoms with Crippen molar-refractivity contribution in [2.45, 2.75) is 26.7 Å². The second-order valence-corrected chi connectivity index (χ2v) is 5.70. The highest BCUT2D eigenvalue weighted by Crippen LogP contribution is 2.30. The van der Waals surface area contributed by atoms with E-state index in [-0.39, 0.29) is 0 Å². The molecular weight excluding hydrogens is 276 g/mol. The number of nitrogens with zero attached hydrogens (tertiary/aromatic N) is 3. The first-order valence-electron chi connectivity index (χ1n) is 7.31. The van der Waals surface area contributed by atoms with Gasteiger partial charge in [-0.15, -0.1) is 0 Å². The van der Waals surface area contributed by atoms with Crippen LogP contribution < -0.4 is 10.5 Å². The van der Waals surface area contributed by atoms with Crippen molar-refractivity contribution in [3.63, 3.8) is 0 Å². The van der Waals surface area contributed by atoms with Gasteiger partial charge in [-0.3, -0.25) is 0 Å². The van der Waals surface area contributed by atoms with Gasteiger partial charge in [0.05, 0.1) is 18.3 Å². The van der Waals surface area contributed by atoms with Gasteiger partial charge in [0, 0.05) is 28.9 Å². The molecule has 0 bridgehead atoms. The highest BCUT2D eigenvalue weighted by atomic mass is 16.5. The molecule has 2 N–H and O–H groups in total. The van der Waals surface area contributed by atoms with Crippen molar-refractivity contribution < 1.29 is 4.74 Å². The van der Waals surface area contributed by atoms with Crippen LogP contribution in [0.5, 0.6) is 5.75 Å². The van der Waals surface area contributed by atoms with Crippen molar-refractivity contribution in [1.29, 1.82) is 0 Å². The predicted molar refractivity (Wildman–Crippen MR) is 88.7 cm³/mol. The fourth-order valence-electron chi connectivity index (χ4n) is 2.53. The Morgan fingerprint density at radius 3 is 2.64 bits per heavy atom. The largest absolute Gasteiger partial charge is 0.496 e. The van der Waals surface area contributed by atoms with Gasteiger partial charge >= 0.3 is 0 Å². The summed E-state index contributed by atoms with van der Waals surface area (Å²) in [5.41, 5.74) is 9.74. The molecule has 2 heterocycles. The Bertz CT molecular complexity index is 836. The normalized spacial score (nSPS) is 11.3. The van der Waals surface area contributed by atoms with Crippen molar-refractivity contribution >= 4 is 16.6 Å². The van der Waals surface area contributed by atoms with Crippen molar-refractivity contribution in [3.8, 4) is 11.6 Å². The Morgan fingerprint density at radius 1 is 1.23 bits per heavy atom. The van der Waals surface area contributed by atoms with Crippen LogP contribution in [-0.2, 0) is 0 Å². The predicted octanol–water partition coefficient (Wildman–Crippen LogP) is 3.44. The maximum Gasteiger partial charge on any atom is 0.156 e. The van der Waals surface area contributed by atoms with E-state index in [0.29, 0.717) is 17.4 Å². The minimum absolute atomic E-state index is 0.376. The van der Waals surface area contributed by atoms with E-state index in [9.17, 15) is 0 Å². The number of methoxy groups -OCH3 is 1. The van der Waals surface area contributed by atoms with Crippen LogP contribution in [0.4, 0.5) is 5.69 Å². The first-order valence-corrected chi connectivity index (χ1v) is 7.31. The SMILES string of the molecule is COc1ccc2c(N)cc(-n3ccc(C(C)C)n3)nc2c1C. The smallest absolute Gasteiger partial charge is 0.156 e. The molecule has 0 spiro atoms. The van der Waals surface area contributed by atoms with Gasteiger partial charge in [0.2, 0.25) is 0 Å². The number of pyridine rings is 1. The van der Waals surface area contributed by atoms with Crippen LogP contribution in [0.25, 0.3) is 16.7 Å². The van der Waals surface area contributed by atoms with Crippen molar-refractivity contribution in [3.05, 3.63) is 41.7 Å². The lowest BCUT2D eigenvalue weighted by atomic mass is 10.1. The van der Waals surface area contributed by atoms with E-state index < -0.39 is 0 Å². The van der Waals surface area contributed by atoms with E-state index >= 15 is 0 Å². The van der Waals surface area contributed by atoms with Crippen LogP contribution >= 0.6 is 0 Å². The molecule has 1 aromatic carbocycles. The second-order valence-electron chi connectivity index (χ2n) is 5.70. The number of anilines is 1. The lowest BCUT2D eigenvalue weighted by Gasteiger charge is -2.11. The molecule has 114 valence electrons. The van der Waals surface area contributed by atoms with E-state index in [2.05, 4.69) is 18.9 Å². The Balaban J connectivity index is 2.20. The molecule has 0 aliphatic rings. The zero-order chi connectivity index (χ0) is 15.9. The Kier molecular flexibility index (Phi) is 3.48. The molecule has 5 heteroatoms. The van der Waals surface area contributed by atoms with Crippen LogP contribution in [0.3, 0.4) is 0 Å². The maximum absolute atomic E-state index is 6.20. The van der Waals surface area contributed by atoms with E-state index in [1.165, 1.54) is 0 Å². The molecule has 0 aliphatic heterocycles. The number of hydrogen-bond donors (Lipinski definition) is 1. The highest BCUT2D eigenvalue weighted by Gasteiger charge is 2.12. The van der Waals surface area contributed by atoms with E-state index in [1.54, 1.807) is 11.8 Å². The van der Waals surface area contributed by atoms with Crippen LogP contribution in [0.15, 0.2) is 30.5 Å². The Labute approximate surface area is 129 Å². The third-order valence-electron chi connectivity index (χ3n) is 3.86. The summed E-state index contributed by atoms with van der Waals surface area (Å²) in [7, 11) is 1.66. The molecule has 0 fully saturated rings. The summed E-state index contributed by atoms with van der Waals surface area (Å²) >= 11 is 0. The van der Waals surface area contributed by atoms with Gasteiger partial charge in [0.15, 0.2) is 5.82 Å². The lowest BCUT2D eigenvalue weighted by molar-refractivity contribution is 0.412. The van der Waals surface area contributed by atoms with Crippen LogP contribution in [-0.4, -0.2) is 21.9 Å². The Hall–Kier alpha value is -2.56. The zero-order valence-electron chi connectivity index (χ0n) is 13.3. The van der Waals surface area contributed by atoms with Gasteiger partial charge in [-0.1, -0.05) is 13.8 Å². The number of nitrogen functional groups attached to an aromatic ring is 1. The van der Waals surface area contributed by atoms with Gasteiger partial charge in [0.1, 0.15) is 5.75 Å². The molecule has 22 heavy (non-hydrogen) atoms. The number of aryl methyl sites for hydroxylation is 1. The van der Waals surface area contributed by atoms with Gasteiger partial charge < -0.3 is 10.5 Å². The molecule has 0 atom stereocenters. The number of hydrogen-bond acceptors (Lipinski definition) is 4. The standard InChI is InChI=1S/C17H20N4O/c1-10(2)14-7-8-21(20-14)16-9-13(18)12-5-6-15(22-4)11(3)17(12)19-16/h5-10H,1-4H3,(H2,18,19). The van der Waals surface area contributed by atoms with Gasteiger partial charge in [0.25, 0.3) is 0 Å². The number of benzene rings is 1. The second kappa shape index (κ2) is 5.33. The third-order valence-corrected chi connectivity index (χ3v) is 3.86. The lowest BCUT2D eigenvalue weighted by Crippen LogP contribution is -2.03. The van der Waals surface area contributed by atoms with Crippen LogP contribution in [0, 0.1) is 6.92 Å². The number of aromatic nitrogens is 3. The van der Waals surface area contributed by atoms with Crippen molar-refractivity contribution in [1.82, 2.24) is 14.8 Å². The zero-order valence-corrected chi connectivity index (χ0v) is 13.3. The summed E-state index contributed by atoms with van der Waals surface area (Å²) in [6.45, 7) is 6.22. The van der Waals surface area contributed by atoms with Crippen molar-refractivity contribution in [2.75, 3.05) is 12.8 Å². The highest BCUT2D eigenvalue weighted by molar-refractivity contribution is 5.94. The Morgan fingerprint density at radius 2 is 2.00 bits per heavy atom. The summed E-state index contributed by atoms with van der Waals surface area (Å²) in [6.07, 6.45) is 1.92. The molecule has 0 aliphatic carbocycles. The van der Waals surface area contributed by atoms with Gasteiger partial charge in [-0.25, -0.2) is 9.67 Å². The van der Waals surface area contributed by atoms with Gasteiger partial charge in [-0.2, -0.15) is 5.10 Å². The fourth-order valence-corrected chi connectivity index (χ4v) is 2.53. The van der Waals surface area contributed by atoms with E-state index in [1.807, 2.05) is 37.4 Å². The molecule has 3 rings (SSSR count). The monoisotopic (exact) mass is 296 g/mol. The third kappa shape index (κ3) is 2.28. The molecule has 0 saturated heterocycles. The topological polar surface area (TPSA) is 66.0 Å².